The molecule has 7 nitrogen and oxygen atoms in total. The summed E-state index contributed by atoms with van der Waals surface area (Å²) < 4.78 is 2.02. The highest BCUT2D eigenvalue weighted by Crippen LogP contribution is 2.27. The van der Waals surface area contributed by atoms with E-state index in [4.69, 9.17) is 4.99 Å². The summed E-state index contributed by atoms with van der Waals surface area (Å²) in [7, 11) is 0. The van der Waals surface area contributed by atoms with Crippen molar-refractivity contribution < 1.29 is 0 Å². The molecule has 3 heterocycles. The topological polar surface area (TPSA) is 70.4 Å². The van der Waals surface area contributed by atoms with Gasteiger partial charge in [-0.05, 0) is 51.2 Å². The van der Waals surface area contributed by atoms with Crippen LogP contribution in [0.1, 0.15) is 43.4 Å². The van der Waals surface area contributed by atoms with Crippen LogP contribution in [0.5, 0.6) is 0 Å². The molecule has 0 aromatic carbocycles. The summed E-state index contributed by atoms with van der Waals surface area (Å²) in [5.41, 5.74) is 0. The fraction of sp³-hybridized carbons (Fsp3) is 0.611. The highest BCUT2D eigenvalue weighted by Gasteiger charge is 2.24. The molecule has 2 aromatic heterocycles. The maximum Gasteiger partial charge on any atom is 0.191 e. The van der Waals surface area contributed by atoms with E-state index in [2.05, 4.69) is 57.1 Å². The van der Waals surface area contributed by atoms with Gasteiger partial charge in [-0.2, -0.15) is 0 Å². The van der Waals surface area contributed by atoms with Crippen LogP contribution in [0.25, 0.3) is 0 Å². The van der Waals surface area contributed by atoms with E-state index in [-0.39, 0.29) is 0 Å². The third-order valence-electron chi connectivity index (χ3n) is 4.68. The minimum atomic E-state index is 0.403. The van der Waals surface area contributed by atoms with Gasteiger partial charge in [-0.25, -0.2) is 4.99 Å². The minimum Gasteiger partial charge on any atom is -0.357 e. The molecule has 1 fully saturated rings. The van der Waals surface area contributed by atoms with Gasteiger partial charge in [-0.15, -0.1) is 21.5 Å². The highest BCUT2D eigenvalue weighted by atomic mass is 32.1. The number of aliphatic imine (C=N–C) groups is 1. The van der Waals surface area contributed by atoms with Gasteiger partial charge in [0, 0.05) is 24.5 Å². The molecular weight excluding hydrogens is 346 g/mol. The number of aromatic nitrogens is 3. The number of aryl methyl sites for hydroxylation is 1. The Labute approximate surface area is 159 Å². The van der Waals surface area contributed by atoms with Crippen molar-refractivity contribution in [2.45, 2.75) is 45.8 Å². The molecule has 1 aliphatic rings. The minimum absolute atomic E-state index is 0.403. The molecule has 1 unspecified atom stereocenters. The Morgan fingerprint density at radius 1 is 1.31 bits per heavy atom. The fourth-order valence-electron chi connectivity index (χ4n) is 3.29. The van der Waals surface area contributed by atoms with Crippen molar-refractivity contribution in [2.75, 3.05) is 26.2 Å². The third-order valence-corrected chi connectivity index (χ3v) is 5.65. The van der Waals surface area contributed by atoms with Gasteiger partial charge in [0.25, 0.3) is 0 Å². The lowest BCUT2D eigenvalue weighted by Gasteiger charge is -2.27. The average molecular weight is 376 g/mol. The standard InChI is InChI=1S/C18H29N7S/c1-3-19-18(21-13-17-23-22-14-24(17)4-2)20-12-15(16-8-7-11-26-16)25-9-5-6-10-25/h7-8,11,14-15H,3-6,9-10,12-13H2,1-2H3,(H2,19,20,21). The Hall–Kier alpha value is -1.93. The van der Waals surface area contributed by atoms with E-state index in [0.717, 1.165) is 31.4 Å². The van der Waals surface area contributed by atoms with Gasteiger partial charge in [-0.1, -0.05) is 6.07 Å². The second kappa shape index (κ2) is 9.68. The molecule has 8 heteroatoms. The second-order valence-corrected chi connectivity index (χ2v) is 7.36. The maximum atomic E-state index is 4.70. The molecule has 26 heavy (non-hydrogen) atoms. The van der Waals surface area contributed by atoms with Gasteiger partial charge in [0.2, 0.25) is 0 Å². The second-order valence-electron chi connectivity index (χ2n) is 6.38. The molecule has 0 bridgehead atoms. The first-order valence-corrected chi connectivity index (χ1v) is 10.4. The Balaban J connectivity index is 1.65. The predicted molar refractivity (Wildman–Crippen MR) is 106 cm³/mol. The Morgan fingerprint density at radius 2 is 2.15 bits per heavy atom. The first kappa shape index (κ1) is 18.8. The van der Waals surface area contributed by atoms with Crippen molar-refractivity contribution in [3.63, 3.8) is 0 Å². The van der Waals surface area contributed by atoms with E-state index < -0.39 is 0 Å². The number of nitrogens with one attached hydrogen (secondary N) is 2. The number of hydrogen-bond donors (Lipinski definition) is 2. The van der Waals surface area contributed by atoms with E-state index in [1.54, 1.807) is 6.33 Å². The van der Waals surface area contributed by atoms with Crippen LogP contribution in [0.15, 0.2) is 28.8 Å². The molecule has 1 atom stereocenters. The first-order chi connectivity index (χ1) is 12.8. The van der Waals surface area contributed by atoms with E-state index in [9.17, 15) is 0 Å². The molecule has 0 aliphatic carbocycles. The SMILES string of the molecule is CCNC(=NCc1nncn1CC)NCC(c1cccs1)N1CCCC1. The molecule has 0 amide bonds. The summed E-state index contributed by atoms with van der Waals surface area (Å²) in [6.07, 6.45) is 4.34. The molecule has 0 radical (unpaired) electrons. The van der Waals surface area contributed by atoms with Gasteiger partial charge < -0.3 is 15.2 Å². The monoisotopic (exact) mass is 375 g/mol. The summed E-state index contributed by atoms with van der Waals surface area (Å²) in [5, 5.41) is 17.2. The number of rotatable bonds is 8. The van der Waals surface area contributed by atoms with Crippen LogP contribution in [0.4, 0.5) is 0 Å². The molecule has 1 saturated heterocycles. The first-order valence-electron chi connectivity index (χ1n) is 9.48. The van der Waals surface area contributed by atoms with Crippen molar-refractivity contribution in [3.8, 4) is 0 Å². The predicted octanol–water partition coefficient (Wildman–Crippen LogP) is 2.25. The number of thiophene rings is 1. The van der Waals surface area contributed by atoms with Crippen LogP contribution >= 0.6 is 11.3 Å². The summed E-state index contributed by atoms with van der Waals surface area (Å²) in [6.45, 7) is 9.60. The smallest absolute Gasteiger partial charge is 0.191 e. The van der Waals surface area contributed by atoms with Crippen molar-refractivity contribution in [3.05, 3.63) is 34.5 Å². The van der Waals surface area contributed by atoms with E-state index in [0.29, 0.717) is 12.6 Å². The van der Waals surface area contributed by atoms with Gasteiger partial charge in [0.1, 0.15) is 12.9 Å². The zero-order valence-corrected chi connectivity index (χ0v) is 16.5. The van der Waals surface area contributed by atoms with E-state index in [1.807, 2.05) is 15.9 Å². The van der Waals surface area contributed by atoms with Gasteiger partial charge >= 0.3 is 0 Å². The third kappa shape index (κ3) is 4.82. The zero-order valence-electron chi connectivity index (χ0n) is 15.7. The molecule has 1 aliphatic heterocycles. The fourth-order valence-corrected chi connectivity index (χ4v) is 4.16. The molecule has 2 aromatic rings. The van der Waals surface area contributed by atoms with Crippen LogP contribution in [0.2, 0.25) is 0 Å². The Morgan fingerprint density at radius 3 is 2.85 bits per heavy atom. The van der Waals surface area contributed by atoms with Crippen molar-refractivity contribution in [2.24, 2.45) is 4.99 Å². The number of nitrogens with zero attached hydrogens (tertiary/aromatic N) is 5. The van der Waals surface area contributed by atoms with Gasteiger partial charge in [-0.3, -0.25) is 4.90 Å². The molecule has 2 N–H and O–H groups in total. The summed E-state index contributed by atoms with van der Waals surface area (Å²) in [6, 6.07) is 4.78. The van der Waals surface area contributed by atoms with Crippen LogP contribution in [0.3, 0.4) is 0 Å². The lowest BCUT2D eigenvalue weighted by molar-refractivity contribution is 0.249. The summed E-state index contributed by atoms with van der Waals surface area (Å²) >= 11 is 1.84. The average Bonchev–Trinajstić information content (AvgIpc) is 3.42. The van der Waals surface area contributed by atoms with Crippen LogP contribution in [-0.4, -0.2) is 51.8 Å². The number of likely N-dealkylation sites (tertiary alicyclic amines) is 1. The highest BCUT2D eigenvalue weighted by molar-refractivity contribution is 7.10. The van der Waals surface area contributed by atoms with Gasteiger partial charge in [0.15, 0.2) is 11.8 Å². The van der Waals surface area contributed by atoms with Crippen LogP contribution < -0.4 is 10.6 Å². The summed E-state index contributed by atoms with van der Waals surface area (Å²) in [5.74, 6) is 1.72. The number of hydrogen-bond acceptors (Lipinski definition) is 5. The molecule has 3 rings (SSSR count). The lowest BCUT2D eigenvalue weighted by Crippen LogP contribution is -2.42. The lowest BCUT2D eigenvalue weighted by atomic mass is 10.2. The molecule has 0 saturated carbocycles. The molecule has 142 valence electrons. The summed E-state index contributed by atoms with van der Waals surface area (Å²) in [4.78, 5) is 8.70. The normalized spacial score (nSPS) is 16.8. The molecular formula is C18H29N7S. The van der Waals surface area contributed by atoms with Crippen molar-refractivity contribution in [1.29, 1.82) is 0 Å². The number of guanidine groups is 1. The largest absolute Gasteiger partial charge is 0.357 e. The Kier molecular flexibility index (Phi) is 7.02. The van der Waals surface area contributed by atoms with Crippen LogP contribution in [0, 0.1) is 0 Å². The van der Waals surface area contributed by atoms with Crippen LogP contribution in [-0.2, 0) is 13.1 Å². The van der Waals surface area contributed by atoms with E-state index >= 15 is 0 Å². The quantitative estimate of drug-likeness (QED) is 0.547. The van der Waals surface area contributed by atoms with Crippen molar-refractivity contribution in [1.82, 2.24) is 30.3 Å². The van der Waals surface area contributed by atoms with E-state index in [1.165, 1.54) is 30.8 Å². The zero-order chi connectivity index (χ0) is 18.2. The van der Waals surface area contributed by atoms with Crippen molar-refractivity contribution >= 4 is 17.3 Å². The Bertz CT molecular complexity index is 674. The van der Waals surface area contributed by atoms with Gasteiger partial charge in [0.05, 0.1) is 6.04 Å². The maximum absolute atomic E-state index is 4.70. The molecule has 0 spiro atoms.